The van der Waals surface area contributed by atoms with Crippen molar-refractivity contribution in [2.45, 2.75) is 12.8 Å². The molecule has 0 aliphatic rings. The number of nitrogens with zero attached hydrogens (tertiary/aromatic N) is 1. The van der Waals surface area contributed by atoms with E-state index in [-0.39, 0.29) is 0 Å². The molecule has 0 aliphatic heterocycles. The van der Waals surface area contributed by atoms with Crippen LogP contribution < -0.4 is 5.73 Å². The van der Waals surface area contributed by atoms with Crippen LogP contribution in [0.3, 0.4) is 0 Å². The van der Waals surface area contributed by atoms with Gasteiger partial charge in [0.05, 0.1) is 11.9 Å². The van der Waals surface area contributed by atoms with Crippen molar-refractivity contribution in [3.63, 3.8) is 0 Å². The van der Waals surface area contributed by atoms with E-state index in [1.54, 1.807) is 0 Å². The Morgan fingerprint density at radius 3 is 3.00 bits per heavy atom. The zero-order chi connectivity index (χ0) is 11.4. The maximum Gasteiger partial charge on any atom is 0.106 e. The van der Waals surface area contributed by atoms with Crippen LogP contribution in [0.5, 0.6) is 0 Å². The molecule has 16 heavy (non-hydrogen) atoms. The summed E-state index contributed by atoms with van der Waals surface area (Å²) in [4.78, 5) is 7.57. The number of aryl methyl sites for hydroxylation is 1. The number of hydrogen-bond acceptors (Lipinski definition) is 2. The molecule has 0 aliphatic carbocycles. The number of rotatable bonds is 4. The fourth-order valence-corrected chi connectivity index (χ4v) is 1.75. The van der Waals surface area contributed by atoms with Crippen molar-refractivity contribution < 1.29 is 0 Å². The van der Waals surface area contributed by atoms with Crippen molar-refractivity contribution in [2.24, 2.45) is 5.73 Å². The number of imidazole rings is 1. The van der Waals surface area contributed by atoms with Crippen molar-refractivity contribution >= 4 is 11.6 Å². The monoisotopic (exact) mass is 235 g/mol. The van der Waals surface area contributed by atoms with Crippen molar-refractivity contribution in [1.29, 1.82) is 0 Å². The second-order valence-electron chi connectivity index (χ2n) is 3.65. The predicted octanol–water partition coefficient (Wildman–Crippen LogP) is 2.62. The molecule has 0 spiro atoms. The summed E-state index contributed by atoms with van der Waals surface area (Å²) in [6.07, 6.45) is 3.66. The summed E-state index contributed by atoms with van der Waals surface area (Å²) in [5.41, 5.74) is 7.50. The number of nitrogens with two attached hydrogens (primary N) is 1. The van der Waals surface area contributed by atoms with Gasteiger partial charge >= 0.3 is 0 Å². The molecule has 1 heterocycles. The first-order chi connectivity index (χ1) is 7.79. The minimum Gasteiger partial charge on any atom is -0.342 e. The van der Waals surface area contributed by atoms with Crippen LogP contribution in [-0.4, -0.2) is 16.5 Å². The van der Waals surface area contributed by atoms with Crippen molar-refractivity contribution in [1.82, 2.24) is 9.97 Å². The highest BCUT2D eigenvalue weighted by molar-refractivity contribution is 6.30. The number of halogens is 1. The largest absolute Gasteiger partial charge is 0.342 e. The summed E-state index contributed by atoms with van der Waals surface area (Å²) >= 11 is 5.93. The van der Waals surface area contributed by atoms with Crippen LogP contribution in [-0.2, 0) is 6.42 Å². The van der Waals surface area contributed by atoms with Crippen molar-refractivity contribution in [3.8, 4) is 11.3 Å². The normalized spacial score (nSPS) is 10.6. The maximum atomic E-state index is 5.93. The topological polar surface area (TPSA) is 54.7 Å². The van der Waals surface area contributed by atoms with Gasteiger partial charge in [0, 0.05) is 17.0 Å². The SMILES string of the molecule is NCCCc1ncc(-c2cccc(Cl)c2)[nH]1. The Morgan fingerprint density at radius 1 is 1.38 bits per heavy atom. The van der Waals surface area contributed by atoms with Gasteiger partial charge in [-0.3, -0.25) is 0 Å². The predicted molar refractivity (Wildman–Crippen MR) is 66.4 cm³/mol. The highest BCUT2D eigenvalue weighted by atomic mass is 35.5. The highest BCUT2D eigenvalue weighted by Crippen LogP contribution is 2.20. The minimum atomic E-state index is 0.688. The zero-order valence-corrected chi connectivity index (χ0v) is 9.67. The molecule has 3 N–H and O–H groups in total. The maximum absolute atomic E-state index is 5.93. The standard InChI is InChI=1S/C12H14ClN3/c13-10-4-1-3-9(7-10)11-8-15-12(16-11)5-2-6-14/h1,3-4,7-8H,2,5-6,14H2,(H,15,16). The molecule has 1 aromatic carbocycles. The van der Waals surface area contributed by atoms with Crippen LogP contribution in [0.2, 0.25) is 5.02 Å². The van der Waals surface area contributed by atoms with Crippen LogP contribution in [0.4, 0.5) is 0 Å². The van der Waals surface area contributed by atoms with Crippen LogP contribution in [0.15, 0.2) is 30.5 Å². The number of benzene rings is 1. The second kappa shape index (κ2) is 5.14. The minimum absolute atomic E-state index is 0.688. The third kappa shape index (κ3) is 2.62. The summed E-state index contributed by atoms with van der Waals surface area (Å²) in [7, 11) is 0. The van der Waals surface area contributed by atoms with Gasteiger partial charge in [0.1, 0.15) is 5.82 Å². The molecule has 0 atom stereocenters. The summed E-state index contributed by atoms with van der Waals surface area (Å²) in [5.74, 6) is 0.973. The molecule has 2 aromatic rings. The van der Waals surface area contributed by atoms with E-state index in [0.717, 1.165) is 34.9 Å². The number of hydrogen-bond donors (Lipinski definition) is 2. The van der Waals surface area contributed by atoms with E-state index in [9.17, 15) is 0 Å². The second-order valence-corrected chi connectivity index (χ2v) is 4.08. The van der Waals surface area contributed by atoms with Gasteiger partial charge in [0.2, 0.25) is 0 Å². The number of aromatic amines is 1. The Morgan fingerprint density at radius 2 is 2.25 bits per heavy atom. The summed E-state index contributed by atoms with van der Waals surface area (Å²) in [6, 6.07) is 7.71. The first kappa shape index (κ1) is 11.2. The van der Waals surface area contributed by atoms with E-state index < -0.39 is 0 Å². The lowest BCUT2D eigenvalue weighted by molar-refractivity contribution is 0.794. The molecule has 2 rings (SSSR count). The van der Waals surface area contributed by atoms with Crippen LogP contribution in [0, 0.1) is 0 Å². The van der Waals surface area contributed by atoms with Crippen molar-refractivity contribution in [2.75, 3.05) is 6.54 Å². The molecule has 3 nitrogen and oxygen atoms in total. The molecule has 0 saturated heterocycles. The van der Waals surface area contributed by atoms with Gasteiger partial charge < -0.3 is 10.7 Å². The summed E-state index contributed by atoms with van der Waals surface area (Å²) < 4.78 is 0. The molecule has 0 unspecified atom stereocenters. The van der Waals surface area contributed by atoms with Crippen LogP contribution in [0.25, 0.3) is 11.3 Å². The third-order valence-electron chi connectivity index (χ3n) is 2.38. The molecular weight excluding hydrogens is 222 g/mol. The molecule has 1 aromatic heterocycles. The zero-order valence-electron chi connectivity index (χ0n) is 8.91. The van der Waals surface area contributed by atoms with E-state index >= 15 is 0 Å². The quantitative estimate of drug-likeness (QED) is 0.856. The first-order valence-corrected chi connectivity index (χ1v) is 5.67. The molecule has 0 bridgehead atoms. The molecule has 4 heteroatoms. The number of H-pyrrole nitrogens is 1. The molecule has 0 amide bonds. The Kier molecular flexibility index (Phi) is 3.59. The molecule has 0 saturated carbocycles. The Balaban J connectivity index is 2.18. The van der Waals surface area contributed by atoms with Gasteiger partial charge in [0.15, 0.2) is 0 Å². The fraction of sp³-hybridized carbons (Fsp3) is 0.250. The lowest BCUT2D eigenvalue weighted by Gasteiger charge is -1.98. The van der Waals surface area contributed by atoms with E-state index in [1.165, 1.54) is 0 Å². The number of nitrogens with one attached hydrogen (secondary N) is 1. The van der Waals surface area contributed by atoms with E-state index in [4.69, 9.17) is 17.3 Å². The van der Waals surface area contributed by atoms with E-state index in [1.807, 2.05) is 30.5 Å². The third-order valence-corrected chi connectivity index (χ3v) is 2.62. The average molecular weight is 236 g/mol. The lowest BCUT2D eigenvalue weighted by atomic mass is 10.2. The molecule has 0 radical (unpaired) electrons. The highest BCUT2D eigenvalue weighted by Gasteiger charge is 2.03. The van der Waals surface area contributed by atoms with Gasteiger partial charge in [-0.1, -0.05) is 23.7 Å². The van der Waals surface area contributed by atoms with Gasteiger partial charge in [-0.2, -0.15) is 0 Å². The van der Waals surface area contributed by atoms with Gasteiger partial charge in [-0.05, 0) is 25.1 Å². The van der Waals surface area contributed by atoms with E-state index in [0.29, 0.717) is 6.54 Å². The average Bonchev–Trinajstić information content (AvgIpc) is 2.75. The molecular formula is C12H14ClN3. The van der Waals surface area contributed by atoms with E-state index in [2.05, 4.69) is 9.97 Å². The molecule has 0 fully saturated rings. The number of aromatic nitrogens is 2. The van der Waals surface area contributed by atoms with Gasteiger partial charge in [-0.15, -0.1) is 0 Å². The van der Waals surface area contributed by atoms with Crippen LogP contribution >= 0.6 is 11.6 Å². The molecule has 84 valence electrons. The summed E-state index contributed by atoms with van der Waals surface area (Å²) in [5, 5.41) is 0.732. The Labute approximate surface area is 99.7 Å². The Bertz CT molecular complexity index is 465. The smallest absolute Gasteiger partial charge is 0.106 e. The van der Waals surface area contributed by atoms with Gasteiger partial charge in [0.25, 0.3) is 0 Å². The summed E-state index contributed by atoms with van der Waals surface area (Å²) in [6.45, 7) is 0.688. The Hall–Kier alpha value is -1.32. The first-order valence-electron chi connectivity index (χ1n) is 5.29. The van der Waals surface area contributed by atoms with Crippen molar-refractivity contribution in [3.05, 3.63) is 41.3 Å². The lowest BCUT2D eigenvalue weighted by Crippen LogP contribution is -2.01. The van der Waals surface area contributed by atoms with Crippen LogP contribution in [0.1, 0.15) is 12.2 Å². The fourth-order valence-electron chi connectivity index (χ4n) is 1.56. The van der Waals surface area contributed by atoms with Gasteiger partial charge in [-0.25, -0.2) is 4.98 Å².